The van der Waals surface area contributed by atoms with Crippen LogP contribution in [-0.2, 0) is 14.8 Å². The van der Waals surface area contributed by atoms with Crippen LogP contribution in [-0.4, -0.2) is 33.2 Å². The molecule has 0 aromatic heterocycles. The molecule has 0 aromatic carbocycles. The highest BCUT2D eigenvalue weighted by atomic mass is 32.2. The average Bonchev–Trinajstić information content (AvgIpc) is 2.21. The van der Waals surface area contributed by atoms with Gasteiger partial charge in [-0.15, -0.1) is 0 Å². The van der Waals surface area contributed by atoms with Gasteiger partial charge in [-0.1, -0.05) is 20.3 Å². The molecule has 0 rings (SSSR count). The van der Waals surface area contributed by atoms with E-state index in [1.54, 1.807) is 6.92 Å². The first-order chi connectivity index (χ1) is 7.02. The van der Waals surface area contributed by atoms with E-state index < -0.39 is 10.0 Å². The molecular weight excluding hydrogens is 216 g/mol. The molecule has 0 aromatic rings. The van der Waals surface area contributed by atoms with E-state index in [1.165, 1.54) is 0 Å². The maximum absolute atomic E-state index is 11.3. The lowest BCUT2D eigenvalue weighted by molar-refractivity contribution is -0.120. The first kappa shape index (κ1) is 14.4. The van der Waals surface area contributed by atoms with Crippen LogP contribution in [0.4, 0.5) is 0 Å². The van der Waals surface area contributed by atoms with Gasteiger partial charge in [-0.2, -0.15) is 0 Å². The van der Waals surface area contributed by atoms with E-state index in [0.717, 1.165) is 6.42 Å². The topological polar surface area (TPSA) is 75.3 Å². The van der Waals surface area contributed by atoms with Crippen molar-refractivity contribution in [2.75, 3.05) is 18.8 Å². The number of carbonyl (C=O) groups is 1. The Hall–Kier alpha value is -0.620. The molecule has 0 fully saturated rings. The zero-order chi connectivity index (χ0) is 11.7. The lowest BCUT2D eigenvalue weighted by Crippen LogP contribution is -2.35. The maximum Gasteiger partial charge on any atom is 0.219 e. The van der Waals surface area contributed by atoms with Crippen LogP contribution >= 0.6 is 0 Å². The number of carbonyl (C=O) groups excluding carboxylic acids is 1. The fourth-order valence-corrected chi connectivity index (χ4v) is 2.17. The van der Waals surface area contributed by atoms with E-state index in [9.17, 15) is 13.2 Å². The van der Waals surface area contributed by atoms with Crippen LogP contribution in [0.1, 0.15) is 33.1 Å². The van der Waals surface area contributed by atoms with Gasteiger partial charge in [0.05, 0.1) is 5.75 Å². The predicted molar refractivity (Wildman–Crippen MR) is 60.0 cm³/mol. The molecule has 5 nitrogen and oxygen atoms in total. The van der Waals surface area contributed by atoms with Crippen molar-refractivity contribution in [1.82, 2.24) is 10.0 Å². The second kappa shape index (κ2) is 7.64. The fraction of sp³-hybridized carbons (Fsp3) is 0.889. The van der Waals surface area contributed by atoms with Gasteiger partial charge in [-0.3, -0.25) is 4.79 Å². The fourth-order valence-electron chi connectivity index (χ4n) is 0.940. The molecule has 0 radical (unpaired) electrons. The Balaban J connectivity index is 3.62. The summed E-state index contributed by atoms with van der Waals surface area (Å²) < 4.78 is 25.0. The molecule has 2 N–H and O–H groups in total. The summed E-state index contributed by atoms with van der Waals surface area (Å²) in [6.45, 7) is 4.30. The molecule has 0 bridgehead atoms. The van der Waals surface area contributed by atoms with Crippen molar-refractivity contribution in [1.29, 1.82) is 0 Å². The maximum atomic E-state index is 11.3. The minimum atomic E-state index is -3.15. The normalized spacial score (nSPS) is 11.3. The minimum absolute atomic E-state index is 0.0669. The van der Waals surface area contributed by atoms with Crippen molar-refractivity contribution in [2.45, 2.75) is 33.1 Å². The summed E-state index contributed by atoms with van der Waals surface area (Å²) in [5.74, 6) is 0.0911. The van der Waals surface area contributed by atoms with Crippen LogP contribution in [0, 0.1) is 0 Å². The third-order valence-electron chi connectivity index (χ3n) is 1.86. The SMILES string of the molecule is CCCCS(=O)(=O)NCCNC(=O)CC. The summed E-state index contributed by atoms with van der Waals surface area (Å²) in [6, 6.07) is 0. The van der Waals surface area contributed by atoms with E-state index >= 15 is 0 Å². The highest BCUT2D eigenvalue weighted by Gasteiger charge is 2.07. The Kier molecular flexibility index (Phi) is 7.33. The molecule has 90 valence electrons. The predicted octanol–water partition coefficient (Wildman–Crippen LogP) is 0.232. The van der Waals surface area contributed by atoms with Gasteiger partial charge in [0.1, 0.15) is 0 Å². The second-order valence-corrected chi connectivity index (χ2v) is 5.20. The quantitative estimate of drug-likeness (QED) is 0.592. The number of amides is 1. The summed E-state index contributed by atoms with van der Waals surface area (Å²) in [6.07, 6.45) is 1.94. The van der Waals surface area contributed by atoms with E-state index in [2.05, 4.69) is 10.0 Å². The van der Waals surface area contributed by atoms with Crippen molar-refractivity contribution >= 4 is 15.9 Å². The molecule has 0 atom stereocenters. The van der Waals surface area contributed by atoms with Crippen molar-refractivity contribution in [2.24, 2.45) is 0 Å². The first-order valence-corrected chi connectivity index (χ1v) is 6.91. The molecule has 1 amide bonds. The number of sulfonamides is 1. The molecule has 0 aliphatic heterocycles. The molecule has 0 heterocycles. The molecule has 0 aliphatic carbocycles. The van der Waals surface area contributed by atoms with Crippen LogP contribution < -0.4 is 10.0 Å². The zero-order valence-electron chi connectivity index (χ0n) is 9.38. The van der Waals surface area contributed by atoms with Crippen molar-refractivity contribution < 1.29 is 13.2 Å². The molecule has 0 unspecified atom stereocenters. The lowest BCUT2D eigenvalue weighted by Gasteiger charge is -2.06. The summed E-state index contributed by atoms with van der Waals surface area (Å²) >= 11 is 0. The standard InChI is InChI=1S/C9H20N2O3S/c1-3-5-8-15(13,14)11-7-6-10-9(12)4-2/h11H,3-8H2,1-2H3,(H,10,12). The second-order valence-electron chi connectivity index (χ2n) is 3.27. The highest BCUT2D eigenvalue weighted by molar-refractivity contribution is 7.89. The van der Waals surface area contributed by atoms with Gasteiger partial charge in [-0.05, 0) is 6.42 Å². The van der Waals surface area contributed by atoms with Gasteiger partial charge in [0, 0.05) is 19.5 Å². The number of hydrogen-bond acceptors (Lipinski definition) is 3. The van der Waals surface area contributed by atoms with Crippen molar-refractivity contribution in [3.63, 3.8) is 0 Å². The van der Waals surface area contributed by atoms with E-state index in [1.807, 2.05) is 6.92 Å². The summed E-state index contributed by atoms with van der Waals surface area (Å²) in [5.41, 5.74) is 0. The molecule has 0 saturated carbocycles. The molecule has 0 spiro atoms. The van der Waals surface area contributed by atoms with Gasteiger partial charge < -0.3 is 5.32 Å². The summed E-state index contributed by atoms with van der Waals surface area (Å²) in [5, 5.41) is 2.60. The van der Waals surface area contributed by atoms with Crippen molar-refractivity contribution in [3.8, 4) is 0 Å². The van der Waals surface area contributed by atoms with E-state index in [0.29, 0.717) is 19.4 Å². The van der Waals surface area contributed by atoms with Crippen LogP contribution in [0.3, 0.4) is 0 Å². The Morgan fingerprint density at radius 1 is 1.20 bits per heavy atom. The largest absolute Gasteiger partial charge is 0.355 e. The van der Waals surface area contributed by atoms with Crippen molar-refractivity contribution in [3.05, 3.63) is 0 Å². The van der Waals surface area contributed by atoms with Crippen LogP contribution in [0.25, 0.3) is 0 Å². The number of unbranched alkanes of at least 4 members (excludes halogenated alkanes) is 1. The Morgan fingerprint density at radius 2 is 1.87 bits per heavy atom. The molecule has 6 heteroatoms. The molecule has 0 saturated heterocycles. The van der Waals surface area contributed by atoms with Gasteiger partial charge in [0.2, 0.25) is 15.9 Å². The van der Waals surface area contributed by atoms with E-state index in [4.69, 9.17) is 0 Å². The average molecular weight is 236 g/mol. The van der Waals surface area contributed by atoms with Gasteiger partial charge in [0.25, 0.3) is 0 Å². The Morgan fingerprint density at radius 3 is 2.40 bits per heavy atom. The number of nitrogens with one attached hydrogen (secondary N) is 2. The Labute approximate surface area is 91.7 Å². The number of hydrogen-bond donors (Lipinski definition) is 2. The first-order valence-electron chi connectivity index (χ1n) is 5.26. The monoisotopic (exact) mass is 236 g/mol. The minimum Gasteiger partial charge on any atom is -0.355 e. The molecular formula is C9H20N2O3S. The van der Waals surface area contributed by atoms with Gasteiger partial charge in [0.15, 0.2) is 0 Å². The highest BCUT2D eigenvalue weighted by Crippen LogP contribution is 1.92. The summed E-state index contributed by atoms with van der Waals surface area (Å²) in [7, 11) is -3.15. The van der Waals surface area contributed by atoms with Crippen LogP contribution in [0.15, 0.2) is 0 Å². The number of rotatable bonds is 8. The van der Waals surface area contributed by atoms with E-state index in [-0.39, 0.29) is 18.2 Å². The van der Waals surface area contributed by atoms with Gasteiger partial charge >= 0.3 is 0 Å². The summed E-state index contributed by atoms with van der Waals surface area (Å²) in [4.78, 5) is 10.8. The smallest absolute Gasteiger partial charge is 0.219 e. The lowest BCUT2D eigenvalue weighted by atomic mass is 10.4. The van der Waals surface area contributed by atoms with Crippen LogP contribution in [0.5, 0.6) is 0 Å². The Bertz CT molecular complexity index is 275. The van der Waals surface area contributed by atoms with Crippen LogP contribution in [0.2, 0.25) is 0 Å². The third-order valence-corrected chi connectivity index (χ3v) is 3.33. The van der Waals surface area contributed by atoms with Gasteiger partial charge in [-0.25, -0.2) is 13.1 Å². The molecule has 0 aliphatic rings. The third kappa shape index (κ3) is 8.38. The zero-order valence-corrected chi connectivity index (χ0v) is 10.2. The molecule has 15 heavy (non-hydrogen) atoms.